The average molecular weight is 304 g/mol. The van der Waals surface area contributed by atoms with Crippen molar-refractivity contribution in [2.45, 2.75) is 19.3 Å². The minimum atomic E-state index is 0.119. The van der Waals surface area contributed by atoms with Gasteiger partial charge in [-0.3, -0.25) is 15.5 Å². The number of carbonyl (C=O) groups is 1. The first-order valence-electron chi connectivity index (χ1n) is 7.93. The molecule has 2 N–H and O–H groups in total. The van der Waals surface area contributed by atoms with Gasteiger partial charge in [0.15, 0.2) is 5.78 Å². The molecule has 0 bridgehead atoms. The number of nitrogens with one attached hydrogen (secondary N) is 1. The Labute approximate surface area is 135 Å². The fraction of sp³-hybridized carbons (Fsp3) is 0.200. The first-order valence-corrected chi connectivity index (χ1v) is 7.93. The molecule has 115 valence electrons. The van der Waals surface area contributed by atoms with Crippen molar-refractivity contribution < 1.29 is 10.0 Å². The number of Topliss-reactive ketones (excluding diaryl/α,β-unsaturated/α-hetero) is 1. The highest BCUT2D eigenvalue weighted by molar-refractivity contribution is 6.13. The van der Waals surface area contributed by atoms with E-state index in [1.54, 1.807) is 0 Å². The molecule has 0 saturated carbocycles. The highest BCUT2D eigenvalue weighted by Crippen LogP contribution is 2.31. The van der Waals surface area contributed by atoms with Crippen molar-refractivity contribution in [3.05, 3.63) is 82.8 Å². The number of anilines is 1. The topological polar surface area (TPSA) is 49.3 Å². The Balaban J connectivity index is 1.43. The molecule has 0 spiro atoms. The normalized spacial score (nSPS) is 18.3. The SMILES string of the molecule is O=C(C1=C[CH]1)c1ccc(CC2Cc3ccc(NO)cc3C2)cc1. The monoisotopic (exact) mass is 304 g/mol. The second-order valence-corrected chi connectivity index (χ2v) is 6.39. The van der Waals surface area contributed by atoms with Crippen molar-refractivity contribution in [2.75, 3.05) is 5.48 Å². The van der Waals surface area contributed by atoms with Gasteiger partial charge in [-0.15, -0.1) is 0 Å². The molecule has 23 heavy (non-hydrogen) atoms. The van der Waals surface area contributed by atoms with E-state index >= 15 is 0 Å². The zero-order valence-electron chi connectivity index (χ0n) is 12.8. The molecule has 1 atom stereocenters. The number of allylic oxidation sites excluding steroid dienone is 2. The van der Waals surface area contributed by atoms with Crippen molar-refractivity contribution in [3.63, 3.8) is 0 Å². The number of hydrogen-bond donors (Lipinski definition) is 2. The van der Waals surface area contributed by atoms with Gasteiger partial charge in [-0.05, 0) is 54.0 Å². The fourth-order valence-electron chi connectivity index (χ4n) is 3.41. The molecule has 4 rings (SSSR count). The quantitative estimate of drug-likeness (QED) is 0.653. The van der Waals surface area contributed by atoms with E-state index in [-0.39, 0.29) is 5.78 Å². The van der Waals surface area contributed by atoms with Crippen molar-refractivity contribution in [2.24, 2.45) is 5.92 Å². The van der Waals surface area contributed by atoms with Crippen LogP contribution in [-0.2, 0) is 19.3 Å². The zero-order valence-corrected chi connectivity index (χ0v) is 12.8. The Bertz CT molecular complexity index is 790. The Kier molecular flexibility index (Phi) is 3.50. The number of carbonyl (C=O) groups excluding carboxylic acids is 1. The summed E-state index contributed by atoms with van der Waals surface area (Å²) in [5.41, 5.74) is 8.51. The van der Waals surface area contributed by atoms with Crippen molar-refractivity contribution >= 4 is 11.5 Å². The van der Waals surface area contributed by atoms with Crippen molar-refractivity contribution in [1.82, 2.24) is 0 Å². The zero-order chi connectivity index (χ0) is 15.8. The molecule has 2 aromatic rings. The van der Waals surface area contributed by atoms with Gasteiger partial charge in [0.25, 0.3) is 0 Å². The number of fused-ring (bicyclic) bond motifs is 1. The van der Waals surface area contributed by atoms with Crippen LogP contribution in [0.4, 0.5) is 5.69 Å². The number of benzene rings is 2. The third kappa shape index (κ3) is 2.92. The third-order valence-corrected chi connectivity index (χ3v) is 4.69. The van der Waals surface area contributed by atoms with E-state index in [2.05, 4.69) is 23.7 Å². The molecule has 0 heterocycles. The molecule has 0 aromatic heterocycles. The lowest BCUT2D eigenvalue weighted by Gasteiger charge is -2.09. The standard InChI is InChI=1S/C20H18NO2/c22-20(16-5-6-16)15-3-1-13(2-4-15)9-14-10-17-7-8-19(21-23)12-18(17)11-14/h1-8,12,14,21,23H,9-11H2. The van der Waals surface area contributed by atoms with Crippen LogP contribution < -0.4 is 5.48 Å². The van der Waals surface area contributed by atoms with Crippen LogP contribution >= 0.6 is 0 Å². The van der Waals surface area contributed by atoms with Crippen LogP contribution in [0.1, 0.15) is 27.0 Å². The lowest BCUT2D eigenvalue weighted by atomic mass is 9.95. The Hall–Kier alpha value is -2.39. The summed E-state index contributed by atoms with van der Waals surface area (Å²) in [4.78, 5) is 11.9. The van der Waals surface area contributed by atoms with Crippen molar-refractivity contribution in [1.29, 1.82) is 0 Å². The smallest absolute Gasteiger partial charge is 0.189 e. The maximum absolute atomic E-state index is 11.9. The molecule has 0 fully saturated rings. The Morgan fingerprint density at radius 3 is 2.52 bits per heavy atom. The lowest BCUT2D eigenvalue weighted by molar-refractivity contribution is 0.104. The average Bonchev–Trinajstić information content (AvgIpc) is 3.35. The summed E-state index contributed by atoms with van der Waals surface area (Å²) >= 11 is 0. The van der Waals surface area contributed by atoms with E-state index in [1.807, 2.05) is 36.8 Å². The van der Waals surface area contributed by atoms with Gasteiger partial charge in [0.1, 0.15) is 0 Å². The van der Waals surface area contributed by atoms with E-state index < -0.39 is 0 Å². The van der Waals surface area contributed by atoms with Gasteiger partial charge in [0, 0.05) is 17.6 Å². The second kappa shape index (κ2) is 5.67. The first kappa shape index (κ1) is 14.2. The summed E-state index contributed by atoms with van der Waals surface area (Å²) in [7, 11) is 0. The molecule has 3 heteroatoms. The molecule has 2 aliphatic carbocycles. The summed E-state index contributed by atoms with van der Waals surface area (Å²) in [6.45, 7) is 0. The maximum Gasteiger partial charge on any atom is 0.189 e. The van der Waals surface area contributed by atoms with Gasteiger partial charge >= 0.3 is 0 Å². The molecule has 1 radical (unpaired) electrons. The number of ketones is 1. The molecule has 3 nitrogen and oxygen atoms in total. The number of hydrogen-bond acceptors (Lipinski definition) is 3. The minimum Gasteiger partial charge on any atom is -0.291 e. The van der Waals surface area contributed by atoms with Crippen LogP contribution in [0.2, 0.25) is 0 Å². The highest BCUT2D eigenvalue weighted by atomic mass is 16.5. The molecule has 2 aliphatic rings. The summed E-state index contributed by atoms with van der Waals surface area (Å²) in [6.07, 6.45) is 6.82. The molecular formula is C20H18NO2. The predicted octanol–water partition coefficient (Wildman–Crippen LogP) is 3.77. The molecule has 0 aliphatic heterocycles. The largest absolute Gasteiger partial charge is 0.291 e. The van der Waals surface area contributed by atoms with Gasteiger partial charge in [-0.1, -0.05) is 36.4 Å². The summed E-state index contributed by atoms with van der Waals surface area (Å²) in [5.74, 6) is 0.703. The van der Waals surface area contributed by atoms with E-state index in [4.69, 9.17) is 5.21 Å². The van der Waals surface area contributed by atoms with Crippen LogP contribution in [0, 0.1) is 12.3 Å². The second-order valence-electron chi connectivity index (χ2n) is 6.39. The third-order valence-electron chi connectivity index (χ3n) is 4.69. The fourth-order valence-corrected chi connectivity index (χ4v) is 3.41. The summed E-state index contributed by atoms with van der Waals surface area (Å²) in [5, 5.41) is 9.00. The van der Waals surface area contributed by atoms with Gasteiger partial charge < -0.3 is 0 Å². The Morgan fingerprint density at radius 1 is 1.09 bits per heavy atom. The summed E-state index contributed by atoms with van der Waals surface area (Å²) < 4.78 is 0. The lowest BCUT2D eigenvalue weighted by Crippen LogP contribution is -2.04. The van der Waals surface area contributed by atoms with E-state index in [1.165, 1.54) is 16.7 Å². The van der Waals surface area contributed by atoms with Crippen LogP contribution in [0.25, 0.3) is 0 Å². The van der Waals surface area contributed by atoms with Crippen molar-refractivity contribution in [3.8, 4) is 0 Å². The van der Waals surface area contributed by atoms with Crippen LogP contribution in [0.3, 0.4) is 0 Å². The maximum atomic E-state index is 11.9. The van der Waals surface area contributed by atoms with E-state index in [0.717, 1.165) is 36.1 Å². The van der Waals surface area contributed by atoms with Gasteiger partial charge in [-0.25, -0.2) is 0 Å². The number of rotatable bonds is 5. The van der Waals surface area contributed by atoms with Gasteiger partial charge in [0.2, 0.25) is 0 Å². The minimum absolute atomic E-state index is 0.119. The first-order chi connectivity index (χ1) is 11.2. The Morgan fingerprint density at radius 2 is 1.83 bits per heavy atom. The summed E-state index contributed by atoms with van der Waals surface area (Å²) in [6, 6.07) is 14.0. The molecule has 2 aromatic carbocycles. The molecule has 0 saturated heterocycles. The molecular weight excluding hydrogens is 286 g/mol. The predicted molar refractivity (Wildman–Crippen MR) is 89.6 cm³/mol. The van der Waals surface area contributed by atoms with Crippen LogP contribution in [-0.4, -0.2) is 11.0 Å². The van der Waals surface area contributed by atoms with Gasteiger partial charge in [-0.2, -0.15) is 0 Å². The molecule has 1 unspecified atom stereocenters. The van der Waals surface area contributed by atoms with E-state index in [0.29, 0.717) is 5.92 Å². The molecule has 0 amide bonds. The van der Waals surface area contributed by atoms with Gasteiger partial charge in [0.05, 0.1) is 5.69 Å². The van der Waals surface area contributed by atoms with E-state index in [9.17, 15) is 4.79 Å². The van der Waals surface area contributed by atoms with Crippen LogP contribution in [0.5, 0.6) is 0 Å². The van der Waals surface area contributed by atoms with Crippen LogP contribution in [0.15, 0.2) is 54.1 Å². The highest BCUT2D eigenvalue weighted by Gasteiger charge is 2.22.